The van der Waals surface area contributed by atoms with Gasteiger partial charge in [0.1, 0.15) is 18.2 Å². The fraction of sp³-hybridized carbons (Fsp3) is 0.217. The Labute approximate surface area is 199 Å². The predicted molar refractivity (Wildman–Crippen MR) is 126 cm³/mol. The highest BCUT2D eigenvalue weighted by atomic mass is 32.2. The third-order valence-corrected chi connectivity index (χ3v) is 6.03. The molecular weight excluding hydrogens is 456 g/mol. The van der Waals surface area contributed by atoms with E-state index in [4.69, 9.17) is 9.47 Å². The van der Waals surface area contributed by atoms with Gasteiger partial charge in [0.2, 0.25) is 17.7 Å². The summed E-state index contributed by atoms with van der Waals surface area (Å²) < 4.78 is 11.9. The smallest absolute Gasteiger partial charge is 0.290 e. The number of hydrogen-bond donors (Lipinski definition) is 1. The second-order valence-electron chi connectivity index (χ2n) is 7.57. The lowest BCUT2D eigenvalue weighted by Gasteiger charge is -2.31. The topological polar surface area (TPSA) is 119 Å². The first kappa shape index (κ1) is 21.8. The van der Waals surface area contributed by atoms with E-state index in [1.807, 2.05) is 0 Å². The number of rotatable bonds is 6. The fourth-order valence-electron chi connectivity index (χ4n) is 3.57. The quantitative estimate of drug-likeness (QED) is 0.530. The summed E-state index contributed by atoms with van der Waals surface area (Å²) in [6.45, 7) is 1.61. The molecule has 4 heterocycles. The second-order valence-corrected chi connectivity index (χ2v) is 8.59. The highest BCUT2D eigenvalue weighted by molar-refractivity contribution is 8.18. The Kier molecular flexibility index (Phi) is 6.34. The van der Waals surface area contributed by atoms with E-state index in [1.165, 1.54) is 6.33 Å². The van der Waals surface area contributed by atoms with Crippen LogP contribution in [0.4, 0.5) is 10.7 Å². The van der Waals surface area contributed by atoms with E-state index in [1.54, 1.807) is 54.9 Å². The van der Waals surface area contributed by atoms with Crippen LogP contribution < -0.4 is 19.7 Å². The van der Waals surface area contributed by atoms with Crippen LogP contribution in [0.3, 0.4) is 0 Å². The minimum Gasteiger partial charge on any atom is -0.474 e. The maximum absolute atomic E-state index is 11.7. The van der Waals surface area contributed by atoms with Gasteiger partial charge in [-0.15, -0.1) is 0 Å². The van der Waals surface area contributed by atoms with Gasteiger partial charge in [-0.25, -0.2) is 19.9 Å². The van der Waals surface area contributed by atoms with Crippen LogP contribution in [0.5, 0.6) is 17.5 Å². The maximum atomic E-state index is 11.7. The van der Waals surface area contributed by atoms with E-state index < -0.39 is 0 Å². The molecule has 2 aliphatic heterocycles. The Balaban J connectivity index is 1.17. The number of anilines is 1. The molecule has 172 valence electrons. The number of carbonyl (C=O) groups is 2. The Morgan fingerprint density at radius 1 is 1.00 bits per heavy atom. The lowest BCUT2D eigenvalue weighted by molar-refractivity contribution is -0.115. The average molecular weight is 477 g/mol. The minimum absolute atomic E-state index is 0.0348. The summed E-state index contributed by atoms with van der Waals surface area (Å²) >= 11 is 0.881. The number of amides is 2. The molecule has 11 heteroatoms. The van der Waals surface area contributed by atoms with Crippen LogP contribution in [0, 0.1) is 0 Å². The van der Waals surface area contributed by atoms with Crippen molar-refractivity contribution in [2.45, 2.75) is 18.9 Å². The largest absolute Gasteiger partial charge is 0.474 e. The van der Waals surface area contributed by atoms with Crippen molar-refractivity contribution in [3.8, 4) is 17.5 Å². The van der Waals surface area contributed by atoms with Gasteiger partial charge in [0, 0.05) is 38.3 Å². The zero-order valence-electron chi connectivity index (χ0n) is 18.0. The lowest BCUT2D eigenvalue weighted by atomic mass is 10.1. The number of piperidine rings is 1. The van der Waals surface area contributed by atoms with Gasteiger partial charge in [0.25, 0.3) is 11.1 Å². The number of benzene rings is 1. The van der Waals surface area contributed by atoms with Gasteiger partial charge in [-0.05, 0) is 41.6 Å². The van der Waals surface area contributed by atoms with Gasteiger partial charge in [0.15, 0.2) is 0 Å². The Hall–Kier alpha value is -3.99. The van der Waals surface area contributed by atoms with Crippen LogP contribution in [-0.2, 0) is 4.79 Å². The van der Waals surface area contributed by atoms with E-state index in [0.717, 1.165) is 49.2 Å². The molecule has 0 saturated carbocycles. The highest BCUT2D eigenvalue weighted by Gasteiger charge is 2.25. The van der Waals surface area contributed by atoms with Crippen molar-refractivity contribution in [3.05, 3.63) is 65.6 Å². The Bertz CT molecular complexity index is 1210. The first-order valence-electron chi connectivity index (χ1n) is 10.7. The number of aromatic nitrogens is 4. The van der Waals surface area contributed by atoms with Crippen LogP contribution in [0.25, 0.3) is 6.08 Å². The molecule has 0 spiro atoms. The van der Waals surface area contributed by atoms with Gasteiger partial charge >= 0.3 is 0 Å². The van der Waals surface area contributed by atoms with Gasteiger partial charge in [0.05, 0.1) is 11.0 Å². The molecule has 1 aromatic carbocycles. The molecular formula is C23H20N6O4S. The van der Waals surface area contributed by atoms with E-state index in [9.17, 15) is 9.59 Å². The zero-order valence-corrected chi connectivity index (χ0v) is 18.8. The summed E-state index contributed by atoms with van der Waals surface area (Å²) in [7, 11) is 0. The molecule has 3 aromatic rings. The summed E-state index contributed by atoms with van der Waals surface area (Å²) in [4.78, 5) is 42.4. The van der Waals surface area contributed by atoms with Crippen LogP contribution in [0.2, 0.25) is 0 Å². The molecule has 2 aliphatic rings. The molecule has 0 atom stereocenters. The summed E-state index contributed by atoms with van der Waals surface area (Å²) in [5.41, 5.74) is 0.777. The molecule has 0 aliphatic carbocycles. The van der Waals surface area contributed by atoms with Crippen molar-refractivity contribution >= 4 is 34.9 Å². The summed E-state index contributed by atoms with van der Waals surface area (Å²) in [5, 5.41) is 1.87. The van der Waals surface area contributed by atoms with E-state index in [0.29, 0.717) is 22.4 Å². The van der Waals surface area contributed by atoms with Gasteiger partial charge in [-0.1, -0.05) is 12.1 Å². The van der Waals surface area contributed by atoms with Crippen molar-refractivity contribution in [2.24, 2.45) is 0 Å². The zero-order chi connectivity index (χ0) is 23.3. The number of carbonyl (C=O) groups excluding carboxylic acids is 2. The molecule has 5 rings (SSSR count). The summed E-state index contributed by atoms with van der Waals surface area (Å²) in [6, 6.07) is 10.6. The lowest BCUT2D eigenvalue weighted by Crippen LogP contribution is -2.39. The number of hydrogen-bond acceptors (Lipinski definition) is 10. The van der Waals surface area contributed by atoms with E-state index in [2.05, 4.69) is 30.2 Å². The predicted octanol–water partition coefficient (Wildman–Crippen LogP) is 3.43. The maximum Gasteiger partial charge on any atom is 0.290 e. The normalized spacial score (nSPS) is 17.6. The van der Waals surface area contributed by atoms with Gasteiger partial charge < -0.3 is 14.4 Å². The monoisotopic (exact) mass is 476 g/mol. The molecule has 10 nitrogen and oxygen atoms in total. The van der Waals surface area contributed by atoms with Crippen molar-refractivity contribution in [3.63, 3.8) is 0 Å². The molecule has 1 N–H and O–H groups in total. The first-order chi connectivity index (χ1) is 16.6. The fourth-order valence-corrected chi connectivity index (χ4v) is 4.25. The molecule has 2 fully saturated rings. The van der Waals surface area contributed by atoms with Gasteiger partial charge in [-0.3, -0.25) is 14.9 Å². The molecule has 34 heavy (non-hydrogen) atoms. The van der Waals surface area contributed by atoms with Crippen molar-refractivity contribution in [1.82, 2.24) is 25.3 Å². The van der Waals surface area contributed by atoms with Crippen LogP contribution in [0.1, 0.15) is 18.4 Å². The third-order valence-electron chi connectivity index (χ3n) is 5.22. The van der Waals surface area contributed by atoms with Crippen molar-refractivity contribution < 1.29 is 19.1 Å². The molecule has 2 amide bonds. The molecule has 0 bridgehead atoms. The average Bonchev–Trinajstić information content (AvgIpc) is 3.18. The Morgan fingerprint density at radius 3 is 2.44 bits per heavy atom. The Morgan fingerprint density at radius 2 is 1.74 bits per heavy atom. The SMILES string of the molecule is O=C1NC(=O)/C(=C\c2ccc(Oc3cc(OC4CCN(c5ncccn5)CC4)ncn3)cc2)S1. The first-order valence-corrected chi connectivity index (χ1v) is 11.5. The standard InChI is InChI=1S/C23H20N6O4S/c30-21-18(34-23(31)28-21)12-15-2-4-16(5-3-15)32-19-13-20(27-14-26-19)33-17-6-10-29(11-7-17)22-24-8-1-9-25-22/h1-5,8-9,12-14,17H,6-7,10-11H2,(H,28,30,31)/b18-12+. The summed E-state index contributed by atoms with van der Waals surface area (Å²) in [6.07, 6.45) is 8.24. The highest BCUT2D eigenvalue weighted by Crippen LogP contribution is 2.28. The van der Waals surface area contributed by atoms with Crippen LogP contribution >= 0.6 is 11.8 Å². The summed E-state index contributed by atoms with van der Waals surface area (Å²) in [5.74, 6) is 1.74. The van der Waals surface area contributed by atoms with E-state index in [-0.39, 0.29) is 17.3 Å². The number of nitrogens with zero attached hydrogens (tertiary/aromatic N) is 5. The number of thioether (sulfide) groups is 1. The number of nitrogens with one attached hydrogen (secondary N) is 1. The van der Waals surface area contributed by atoms with Crippen molar-refractivity contribution in [1.29, 1.82) is 0 Å². The second kappa shape index (κ2) is 9.87. The third kappa shape index (κ3) is 5.31. The molecule has 0 unspecified atom stereocenters. The van der Waals surface area contributed by atoms with Gasteiger partial charge in [-0.2, -0.15) is 0 Å². The van der Waals surface area contributed by atoms with Crippen LogP contribution in [0.15, 0.2) is 60.0 Å². The molecule has 2 saturated heterocycles. The van der Waals surface area contributed by atoms with E-state index >= 15 is 0 Å². The minimum atomic E-state index is -0.386. The molecule has 0 radical (unpaired) electrons. The number of ether oxygens (including phenoxy) is 2. The van der Waals surface area contributed by atoms with Crippen molar-refractivity contribution in [2.75, 3.05) is 18.0 Å². The number of imide groups is 1. The van der Waals surface area contributed by atoms with Crippen LogP contribution in [-0.4, -0.2) is 50.3 Å². The molecule has 2 aromatic heterocycles.